The molecule has 2 aromatic carbocycles. The quantitative estimate of drug-likeness (QED) is 0.457. The second-order valence-corrected chi connectivity index (χ2v) is 10.4. The number of nitrogens with zero attached hydrogens (tertiary/aromatic N) is 5. The highest BCUT2D eigenvalue weighted by Gasteiger charge is 2.29. The number of hydrogen-bond donors (Lipinski definition) is 0. The molecule has 2 aliphatic rings. The molecule has 0 spiro atoms. The van der Waals surface area contributed by atoms with Crippen molar-refractivity contribution in [2.24, 2.45) is 5.92 Å². The number of pyridine rings is 1. The van der Waals surface area contributed by atoms with E-state index in [4.69, 9.17) is 4.98 Å². The molecule has 0 unspecified atom stereocenters. The van der Waals surface area contributed by atoms with Crippen LogP contribution in [0.25, 0.3) is 0 Å². The molecule has 1 saturated heterocycles. The minimum Gasteiger partial charge on any atom is -0.353 e. The number of rotatable bonds is 7. The third-order valence-electron chi connectivity index (χ3n) is 7.35. The third-order valence-corrected chi connectivity index (χ3v) is 7.35. The lowest BCUT2D eigenvalue weighted by Gasteiger charge is -2.37. The molecule has 1 fully saturated rings. The van der Waals surface area contributed by atoms with Crippen LogP contribution in [0.4, 0.5) is 17.2 Å². The van der Waals surface area contributed by atoms with Gasteiger partial charge < -0.3 is 4.90 Å². The number of benzene rings is 2. The Morgan fingerprint density at radius 3 is 2.11 bits per heavy atom. The molecule has 1 aliphatic carbocycles. The Morgan fingerprint density at radius 2 is 1.54 bits per heavy atom. The topological polar surface area (TPSA) is 63.5 Å². The first-order chi connectivity index (χ1) is 18.0. The van der Waals surface area contributed by atoms with Gasteiger partial charge in [0.25, 0.3) is 0 Å². The maximum absolute atomic E-state index is 13.6. The number of aromatic nitrogens is 1. The van der Waals surface area contributed by atoms with E-state index >= 15 is 0 Å². The predicted octanol–water partition coefficient (Wildman–Crippen LogP) is 5.13. The van der Waals surface area contributed by atoms with E-state index in [2.05, 4.69) is 29.7 Å². The maximum atomic E-state index is 13.6. The van der Waals surface area contributed by atoms with Crippen molar-refractivity contribution in [3.05, 3.63) is 83.0 Å². The van der Waals surface area contributed by atoms with Crippen LogP contribution in [-0.4, -0.2) is 48.5 Å². The average molecular weight is 494 g/mol. The lowest BCUT2D eigenvalue weighted by Crippen LogP contribution is -2.50. The summed E-state index contributed by atoms with van der Waals surface area (Å²) in [6.45, 7) is 7.82. The van der Waals surface area contributed by atoms with Gasteiger partial charge in [-0.1, -0.05) is 50.2 Å². The van der Waals surface area contributed by atoms with E-state index in [0.717, 1.165) is 74.6 Å². The van der Waals surface area contributed by atoms with E-state index in [-0.39, 0.29) is 5.91 Å². The van der Waals surface area contributed by atoms with E-state index in [9.17, 15) is 10.1 Å². The molecule has 37 heavy (non-hydrogen) atoms. The molecule has 5 rings (SSSR count). The summed E-state index contributed by atoms with van der Waals surface area (Å²) in [4.78, 5) is 24.9. The van der Waals surface area contributed by atoms with Gasteiger partial charge in [-0.25, -0.2) is 4.98 Å². The highest BCUT2D eigenvalue weighted by atomic mass is 16.2. The van der Waals surface area contributed by atoms with Gasteiger partial charge in [-0.05, 0) is 67.0 Å². The Bertz CT molecular complexity index is 1230. The first-order valence-corrected chi connectivity index (χ1v) is 13.4. The van der Waals surface area contributed by atoms with Crippen LogP contribution in [0.15, 0.2) is 60.7 Å². The molecule has 0 N–H and O–H groups in total. The summed E-state index contributed by atoms with van der Waals surface area (Å²) in [5.74, 6) is 1.43. The van der Waals surface area contributed by atoms with E-state index in [0.29, 0.717) is 12.5 Å². The summed E-state index contributed by atoms with van der Waals surface area (Å²) in [5.41, 5.74) is 6.23. The van der Waals surface area contributed by atoms with Crippen molar-refractivity contribution in [3.8, 4) is 6.07 Å². The summed E-state index contributed by atoms with van der Waals surface area (Å²) < 4.78 is 0. The number of amides is 1. The lowest BCUT2D eigenvalue weighted by atomic mass is 9.97. The monoisotopic (exact) mass is 493 g/mol. The molecule has 190 valence electrons. The minimum atomic E-state index is 0.0541. The molecule has 0 atom stereocenters. The third kappa shape index (κ3) is 5.38. The van der Waals surface area contributed by atoms with Gasteiger partial charge in [0.15, 0.2) is 0 Å². The Balaban J connectivity index is 1.31. The Kier molecular flexibility index (Phi) is 7.52. The standard InChI is InChI=1S/C31H35N5O/c1-23(2)20-29-27-15-9-14-26(27)28(21-32)31(33-29)35-18-16-34(17-19-35)22-30(37)36(24-10-5-3-6-11-24)25-12-7-4-8-13-25/h3-8,10-13,23H,9,14-20,22H2,1-2H3. The number of anilines is 3. The van der Waals surface area contributed by atoms with Gasteiger partial charge in [-0.15, -0.1) is 0 Å². The summed E-state index contributed by atoms with van der Waals surface area (Å²) >= 11 is 0. The van der Waals surface area contributed by atoms with Gasteiger partial charge in [0.2, 0.25) is 5.91 Å². The highest BCUT2D eigenvalue weighted by Crippen LogP contribution is 2.34. The molecule has 1 aliphatic heterocycles. The molecule has 6 heteroatoms. The van der Waals surface area contributed by atoms with Gasteiger partial charge in [0.05, 0.1) is 12.1 Å². The van der Waals surface area contributed by atoms with E-state index in [1.807, 2.05) is 60.7 Å². The second kappa shape index (κ2) is 11.1. The fraction of sp³-hybridized carbons (Fsp3) is 0.387. The van der Waals surface area contributed by atoms with Crippen molar-refractivity contribution in [1.29, 1.82) is 5.26 Å². The number of nitriles is 1. The molecule has 1 amide bonds. The summed E-state index contributed by atoms with van der Waals surface area (Å²) in [6.07, 6.45) is 4.07. The molecule has 3 aromatic rings. The average Bonchev–Trinajstić information content (AvgIpc) is 3.41. The number of hydrogen-bond acceptors (Lipinski definition) is 5. The van der Waals surface area contributed by atoms with E-state index in [1.165, 1.54) is 16.8 Å². The number of carbonyl (C=O) groups is 1. The molecule has 0 saturated carbocycles. The van der Waals surface area contributed by atoms with Crippen LogP contribution in [-0.2, 0) is 24.1 Å². The zero-order valence-electron chi connectivity index (χ0n) is 21.9. The fourth-order valence-electron chi connectivity index (χ4n) is 5.60. The largest absolute Gasteiger partial charge is 0.353 e. The van der Waals surface area contributed by atoms with Gasteiger partial charge in [0.1, 0.15) is 11.9 Å². The number of para-hydroxylation sites is 2. The van der Waals surface area contributed by atoms with E-state index in [1.54, 1.807) is 4.90 Å². The van der Waals surface area contributed by atoms with Crippen LogP contribution >= 0.6 is 0 Å². The van der Waals surface area contributed by atoms with Crippen molar-refractivity contribution < 1.29 is 4.79 Å². The number of fused-ring (bicyclic) bond motifs is 1. The van der Waals surface area contributed by atoms with Crippen molar-refractivity contribution in [1.82, 2.24) is 9.88 Å². The molecule has 0 bridgehead atoms. The van der Waals surface area contributed by atoms with Crippen LogP contribution in [0, 0.1) is 17.2 Å². The molecule has 2 heterocycles. The normalized spacial score (nSPS) is 15.5. The van der Waals surface area contributed by atoms with Gasteiger partial charge in [-0.3, -0.25) is 14.6 Å². The first kappa shape index (κ1) is 25.0. The second-order valence-electron chi connectivity index (χ2n) is 10.4. The Labute approximate surface area is 220 Å². The molecule has 1 aromatic heterocycles. The minimum absolute atomic E-state index is 0.0541. The van der Waals surface area contributed by atoms with Crippen LogP contribution in [0.1, 0.15) is 42.7 Å². The summed E-state index contributed by atoms with van der Waals surface area (Å²) in [5, 5.41) is 10.1. The molecule has 0 radical (unpaired) electrons. The lowest BCUT2D eigenvalue weighted by molar-refractivity contribution is -0.119. The van der Waals surface area contributed by atoms with Crippen molar-refractivity contribution in [2.75, 3.05) is 42.5 Å². The summed E-state index contributed by atoms with van der Waals surface area (Å²) in [6, 6.07) is 22.1. The number of piperazine rings is 1. The van der Waals surface area contributed by atoms with Crippen LogP contribution in [0.2, 0.25) is 0 Å². The van der Waals surface area contributed by atoms with Crippen LogP contribution in [0.3, 0.4) is 0 Å². The van der Waals surface area contributed by atoms with Crippen LogP contribution < -0.4 is 9.80 Å². The van der Waals surface area contributed by atoms with Gasteiger partial charge in [0, 0.05) is 43.2 Å². The first-order valence-electron chi connectivity index (χ1n) is 13.4. The Morgan fingerprint density at radius 1 is 0.946 bits per heavy atom. The molecular weight excluding hydrogens is 458 g/mol. The fourth-order valence-corrected chi connectivity index (χ4v) is 5.60. The van der Waals surface area contributed by atoms with Gasteiger partial charge >= 0.3 is 0 Å². The van der Waals surface area contributed by atoms with E-state index < -0.39 is 0 Å². The Hall–Kier alpha value is -3.69. The smallest absolute Gasteiger partial charge is 0.245 e. The number of carbonyl (C=O) groups excluding carboxylic acids is 1. The maximum Gasteiger partial charge on any atom is 0.245 e. The zero-order valence-corrected chi connectivity index (χ0v) is 21.9. The van der Waals surface area contributed by atoms with Crippen LogP contribution in [0.5, 0.6) is 0 Å². The molecule has 6 nitrogen and oxygen atoms in total. The van der Waals surface area contributed by atoms with Crippen molar-refractivity contribution in [3.63, 3.8) is 0 Å². The molecular formula is C31H35N5O. The van der Waals surface area contributed by atoms with Crippen molar-refractivity contribution >= 4 is 23.1 Å². The summed E-state index contributed by atoms with van der Waals surface area (Å²) in [7, 11) is 0. The van der Waals surface area contributed by atoms with Crippen molar-refractivity contribution in [2.45, 2.75) is 39.5 Å². The SMILES string of the molecule is CC(C)Cc1nc(N2CCN(CC(=O)N(c3ccccc3)c3ccccc3)CC2)c(C#N)c2c1CCC2. The zero-order chi connectivity index (χ0) is 25.8. The highest BCUT2D eigenvalue weighted by molar-refractivity contribution is 6.01. The van der Waals surface area contributed by atoms with Gasteiger partial charge in [-0.2, -0.15) is 5.26 Å². The predicted molar refractivity (Wildman–Crippen MR) is 148 cm³/mol.